The number of benzene rings is 1. The number of sulfonamides is 1. The predicted molar refractivity (Wildman–Crippen MR) is 120 cm³/mol. The van der Waals surface area contributed by atoms with Crippen molar-refractivity contribution in [2.24, 2.45) is 0 Å². The van der Waals surface area contributed by atoms with Crippen LogP contribution in [-0.2, 0) is 10.0 Å². The van der Waals surface area contributed by atoms with Gasteiger partial charge in [-0.05, 0) is 51.1 Å². The average molecular weight is 489 g/mol. The van der Waals surface area contributed by atoms with E-state index in [9.17, 15) is 22.3 Å². The lowest BCUT2D eigenvalue weighted by atomic mass is 9.89. The molecule has 0 spiro atoms. The van der Waals surface area contributed by atoms with Gasteiger partial charge in [0.05, 0.1) is 16.8 Å². The normalized spacial score (nSPS) is 20.2. The van der Waals surface area contributed by atoms with Crippen molar-refractivity contribution in [3.8, 4) is 0 Å². The van der Waals surface area contributed by atoms with E-state index in [1.165, 1.54) is 12.1 Å². The summed E-state index contributed by atoms with van der Waals surface area (Å²) in [4.78, 5) is 4.84. The minimum absolute atomic E-state index is 0.0403. The molecule has 3 atom stereocenters. The summed E-state index contributed by atoms with van der Waals surface area (Å²) in [6.07, 6.45) is 3.31. The van der Waals surface area contributed by atoms with Crippen LogP contribution in [0, 0.1) is 11.8 Å². The molecule has 0 amide bonds. The molecule has 0 radical (unpaired) electrons. The molecule has 1 saturated carbocycles. The van der Waals surface area contributed by atoms with Crippen LogP contribution in [0.15, 0.2) is 35.2 Å². The van der Waals surface area contributed by atoms with E-state index in [4.69, 9.17) is 11.6 Å². The zero-order valence-electron chi connectivity index (χ0n) is 17.9. The van der Waals surface area contributed by atoms with E-state index in [1.54, 1.807) is 6.92 Å². The van der Waals surface area contributed by atoms with Gasteiger partial charge in [0, 0.05) is 18.6 Å². The van der Waals surface area contributed by atoms with Crippen LogP contribution in [0.3, 0.4) is 0 Å². The first kappa shape index (κ1) is 24.6. The summed E-state index contributed by atoms with van der Waals surface area (Å²) in [6.45, 7) is 2.22. The van der Waals surface area contributed by atoms with Gasteiger partial charge in [-0.3, -0.25) is 9.62 Å². The summed E-state index contributed by atoms with van der Waals surface area (Å²) in [5.41, 5.74) is 0.286. The molecule has 1 aliphatic rings. The van der Waals surface area contributed by atoms with E-state index in [2.05, 4.69) is 19.9 Å². The molecule has 0 saturated heterocycles. The van der Waals surface area contributed by atoms with E-state index in [0.717, 1.165) is 43.9 Å². The zero-order valence-corrected chi connectivity index (χ0v) is 19.4. The Hall–Kier alpha value is -2.01. The van der Waals surface area contributed by atoms with E-state index < -0.39 is 32.8 Å². The maximum Gasteiger partial charge on any atom is 0.266 e. The van der Waals surface area contributed by atoms with Gasteiger partial charge < -0.3 is 10.4 Å². The fraction of sp³-hybridized carbons (Fsp3) is 0.476. The smallest absolute Gasteiger partial charge is 0.266 e. The largest absolute Gasteiger partial charge is 0.392 e. The van der Waals surface area contributed by atoms with E-state index in [0.29, 0.717) is 6.54 Å². The van der Waals surface area contributed by atoms with Crippen molar-refractivity contribution in [3.63, 3.8) is 0 Å². The maximum atomic E-state index is 14.8. The highest BCUT2D eigenvalue weighted by molar-refractivity contribution is 7.92. The first-order valence-corrected chi connectivity index (χ1v) is 12.2. The Bertz CT molecular complexity index is 1060. The van der Waals surface area contributed by atoms with Crippen LogP contribution in [0.4, 0.5) is 20.3 Å². The van der Waals surface area contributed by atoms with Gasteiger partial charge >= 0.3 is 0 Å². The summed E-state index contributed by atoms with van der Waals surface area (Å²) < 4.78 is 55.4. The average Bonchev–Trinajstić information content (AvgIpc) is 2.70. The Labute approximate surface area is 191 Å². The van der Waals surface area contributed by atoms with Crippen molar-refractivity contribution < 1.29 is 22.3 Å². The topological polar surface area (TPSA) is 94.6 Å². The number of halogens is 3. The van der Waals surface area contributed by atoms with Crippen LogP contribution in [0.1, 0.15) is 32.6 Å². The van der Waals surface area contributed by atoms with Gasteiger partial charge in [-0.25, -0.2) is 17.8 Å². The van der Waals surface area contributed by atoms with Crippen LogP contribution < -0.4 is 10.0 Å². The number of anilines is 2. The number of nitrogens with zero attached hydrogens (tertiary/aromatic N) is 2. The Morgan fingerprint density at radius 2 is 2.00 bits per heavy atom. The molecule has 176 valence electrons. The molecule has 1 heterocycles. The van der Waals surface area contributed by atoms with E-state index in [-0.39, 0.29) is 28.6 Å². The molecule has 11 heteroatoms. The van der Waals surface area contributed by atoms with Gasteiger partial charge in [0.2, 0.25) is 5.95 Å². The summed E-state index contributed by atoms with van der Waals surface area (Å²) in [5, 5.41) is 13.0. The van der Waals surface area contributed by atoms with Crippen molar-refractivity contribution in [2.45, 2.75) is 55.7 Å². The Morgan fingerprint density at radius 3 is 2.69 bits per heavy atom. The lowest BCUT2D eigenvalue weighted by Gasteiger charge is -2.39. The van der Waals surface area contributed by atoms with Crippen molar-refractivity contribution in [3.05, 3.63) is 47.1 Å². The second-order valence-corrected chi connectivity index (χ2v) is 10.2. The fourth-order valence-electron chi connectivity index (χ4n) is 4.06. The molecular formula is C21H27ClF2N4O3S. The van der Waals surface area contributed by atoms with Crippen LogP contribution in [0.25, 0.3) is 0 Å². The monoisotopic (exact) mass is 488 g/mol. The standard InChI is InChI=1S/C21H27ClF2N4O3S/c1-13(29)12-28(2)18-7-4-3-6-16(18)25-17-11-15(23)19(10-14(17)22)32(30,31)27-21-9-5-8-20(24)26-21/h5,8-11,13,16,18,25,29H,3-4,6-7,12H2,1-2H3,(H,26,27)/t13?,16-,18-/m0/s1. The van der Waals surface area contributed by atoms with Crippen molar-refractivity contribution in [1.29, 1.82) is 0 Å². The molecule has 1 fully saturated rings. The second-order valence-electron chi connectivity index (χ2n) is 8.10. The molecule has 1 aliphatic carbocycles. The van der Waals surface area contributed by atoms with Gasteiger partial charge in [-0.1, -0.05) is 30.5 Å². The van der Waals surface area contributed by atoms with Crippen molar-refractivity contribution in [1.82, 2.24) is 9.88 Å². The van der Waals surface area contributed by atoms with Gasteiger partial charge in [0.25, 0.3) is 10.0 Å². The van der Waals surface area contributed by atoms with Crippen molar-refractivity contribution in [2.75, 3.05) is 23.6 Å². The van der Waals surface area contributed by atoms with Crippen LogP contribution >= 0.6 is 11.6 Å². The second kappa shape index (κ2) is 10.3. The third kappa shape index (κ3) is 6.06. The van der Waals surface area contributed by atoms with Gasteiger partial charge in [0.1, 0.15) is 16.5 Å². The molecule has 32 heavy (non-hydrogen) atoms. The highest BCUT2D eigenvalue weighted by atomic mass is 35.5. The van der Waals surface area contributed by atoms with Crippen molar-refractivity contribution >= 4 is 33.1 Å². The van der Waals surface area contributed by atoms with Crippen LogP contribution in [-0.4, -0.2) is 55.2 Å². The third-order valence-electron chi connectivity index (χ3n) is 5.45. The molecule has 7 nitrogen and oxygen atoms in total. The number of rotatable bonds is 8. The lowest BCUT2D eigenvalue weighted by molar-refractivity contribution is 0.0972. The number of hydrogen-bond acceptors (Lipinski definition) is 6. The molecule has 0 bridgehead atoms. The van der Waals surface area contributed by atoms with Gasteiger partial charge in [0.15, 0.2) is 0 Å². The molecule has 0 aliphatic heterocycles. The van der Waals surface area contributed by atoms with E-state index in [1.807, 2.05) is 7.05 Å². The molecular weight excluding hydrogens is 462 g/mol. The fourth-order valence-corrected chi connectivity index (χ4v) is 5.43. The summed E-state index contributed by atoms with van der Waals surface area (Å²) >= 11 is 6.32. The summed E-state index contributed by atoms with van der Waals surface area (Å²) in [7, 11) is -2.44. The van der Waals surface area contributed by atoms with Gasteiger partial charge in [-0.2, -0.15) is 4.39 Å². The number of hydrogen-bond donors (Lipinski definition) is 3. The Balaban J connectivity index is 1.82. The molecule has 1 aromatic heterocycles. The minimum Gasteiger partial charge on any atom is -0.392 e. The minimum atomic E-state index is -4.37. The summed E-state index contributed by atoms with van der Waals surface area (Å²) in [5.74, 6) is -2.13. The molecule has 2 aromatic rings. The number of nitrogens with one attached hydrogen (secondary N) is 2. The van der Waals surface area contributed by atoms with E-state index >= 15 is 0 Å². The quantitative estimate of drug-likeness (QED) is 0.489. The first-order chi connectivity index (χ1) is 15.1. The number of aliphatic hydroxyl groups is 1. The highest BCUT2D eigenvalue weighted by Gasteiger charge is 2.30. The zero-order chi connectivity index (χ0) is 23.5. The SMILES string of the molecule is CC(O)CN(C)[C@H]1CCCC[C@@H]1Nc1cc(F)c(S(=O)(=O)Nc2cccc(F)n2)cc1Cl. The Kier molecular flexibility index (Phi) is 7.92. The number of likely N-dealkylation sites (N-methyl/N-ethyl adjacent to an activating group) is 1. The number of pyridine rings is 1. The number of aliphatic hydroxyl groups excluding tert-OH is 1. The number of aromatic nitrogens is 1. The van der Waals surface area contributed by atoms with Crippen LogP contribution in [0.5, 0.6) is 0 Å². The third-order valence-corrected chi connectivity index (χ3v) is 7.14. The molecule has 3 N–H and O–H groups in total. The predicted octanol–water partition coefficient (Wildman–Crippen LogP) is 3.85. The Morgan fingerprint density at radius 1 is 1.28 bits per heavy atom. The first-order valence-electron chi connectivity index (χ1n) is 10.4. The molecule has 1 unspecified atom stereocenters. The highest BCUT2D eigenvalue weighted by Crippen LogP contribution is 2.32. The van der Waals surface area contributed by atoms with Gasteiger partial charge in [-0.15, -0.1) is 0 Å². The summed E-state index contributed by atoms with van der Waals surface area (Å²) in [6, 6.07) is 5.75. The molecule has 3 rings (SSSR count). The maximum absolute atomic E-state index is 14.8. The lowest BCUT2D eigenvalue weighted by Crippen LogP contribution is -2.49. The molecule has 1 aromatic carbocycles. The van der Waals surface area contributed by atoms with Crippen LogP contribution in [0.2, 0.25) is 5.02 Å².